The second kappa shape index (κ2) is 10.4. The first kappa shape index (κ1) is 21.3. The Kier molecular flexibility index (Phi) is 7.14. The number of ether oxygens (including phenoxy) is 2. The summed E-state index contributed by atoms with van der Waals surface area (Å²) in [4.78, 5) is 29.0. The van der Waals surface area contributed by atoms with Crippen molar-refractivity contribution in [2.45, 2.75) is 63.7 Å². The van der Waals surface area contributed by atoms with Crippen molar-refractivity contribution < 1.29 is 19.1 Å². The lowest BCUT2D eigenvalue weighted by molar-refractivity contribution is -0.124. The van der Waals surface area contributed by atoms with Gasteiger partial charge in [-0.05, 0) is 68.4 Å². The second-order valence-corrected chi connectivity index (χ2v) is 8.14. The van der Waals surface area contributed by atoms with Crippen LogP contribution in [0, 0.1) is 0 Å². The van der Waals surface area contributed by atoms with Crippen molar-refractivity contribution in [2.24, 2.45) is 0 Å². The van der Waals surface area contributed by atoms with Gasteiger partial charge in [0.2, 0.25) is 0 Å². The number of hydrogen-bond donors (Lipinski definition) is 2. The van der Waals surface area contributed by atoms with Gasteiger partial charge < -0.3 is 20.1 Å². The zero-order valence-corrected chi connectivity index (χ0v) is 17.6. The lowest BCUT2D eigenvalue weighted by Crippen LogP contribution is -2.26. The minimum Gasteiger partial charge on any atom is -0.459 e. The van der Waals surface area contributed by atoms with Crippen LogP contribution in [0.25, 0.3) is 0 Å². The van der Waals surface area contributed by atoms with E-state index >= 15 is 0 Å². The third-order valence-electron chi connectivity index (χ3n) is 5.71. The van der Waals surface area contributed by atoms with E-state index in [-0.39, 0.29) is 24.1 Å². The summed E-state index contributed by atoms with van der Waals surface area (Å²) in [5.41, 5.74) is 2.22. The van der Waals surface area contributed by atoms with E-state index in [1.807, 2.05) is 24.3 Å². The molecule has 2 heterocycles. The number of carbonyl (C=O) groups is 2. The number of benzene rings is 1. The maximum Gasteiger partial charge on any atom is 0.338 e. The SMILES string of the molecule is O=C(OC1CCCCC1)c1ccnc(NCc2cccc(NC(=O)[C@@H]3CCCO3)c2)c1. The molecule has 1 aliphatic carbocycles. The van der Waals surface area contributed by atoms with Gasteiger partial charge in [0.25, 0.3) is 5.91 Å². The molecule has 2 aliphatic rings. The van der Waals surface area contributed by atoms with Gasteiger partial charge in [-0.2, -0.15) is 0 Å². The zero-order valence-electron chi connectivity index (χ0n) is 17.6. The molecule has 1 saturated heterocycles. The Bertz CT molecular complexity index is 905. The van der Waals surface area contributed by atoms with Crippen LogP contribution in [0.1, 0.15) is 60.9 Å². The molecule has 0 radical (unpaired) electrons. The van der Waals surface area contributed by atoms with E-state index in [0.717, 1.165) is 49.8 Å². The highest BCUT2D eigenvalue weighted by Gasteiger charge is 2.23. The minimum absolute atomic E-state index is 0.0263. The van der Waals surface area contributed by atoms with Crippen molar-refractivity contribution in [2.75, 3.05) is 17.2 Å². The summed E-state index contributed by atoms with van der Waals surface area (Å²) in [6.07, 6.45) is 8.31. The van der Waals surface area contributed by atoms with E-state index in [1.165, 1.54) is 6.42 Å². The average Bonchev–Trinajstić information content (AvgIpc) is 3.34. The van der Waals surface area contributed by atoms with Crippen molar-refractivity contribution >= 4 is 23.4 Å². The third-order valence-corrected chi connectivity index (χ3v) is 5.71. The van der Waals surface area contributed by atoms with Crippen LogP contribution in [0.15, 0.2) is 42.6 Å². The molecule has 7 nitrogen and oxygen atoms in total. The first-order chi connectivity index (χ1) is 15.2. The number of aromatic nitrogens is 1. The highest BCUT2D eigenvalue weighted by atomic mass is 16.5. The summed E-state index contributed by atoms with van der Waals surface area (Å²) in [5, 5.41) is 6.16. The van der Waals surface area contributed by atoms with E-state index in [1.54, 1.807) is 18.3 Å². The van der Waals surface area contributed by atoms with Crippen LogP contribution in [-0.4, -0.2) is 35.7 Å². The molecule has 0 spiro atoms. The van der Waals surface area contributed by atoms with Crippen LogP contribution in [0.5, 0.6) is 0 Å². The van der Waals surface area contributed by atoms with Gasteiger partial charge >= 0.3 is 5.97 Å². The first-order valence-corrected chi connectivity index (χ1v) is 11.1. The molecule has 2 aromatic rings. The molecule has 7 heteroatoms. The van der Waals surface area contributed by atoms with Gasteiger partial charge in [-0.15, -0.1) is 0 Å². The molecule has 1 amide bonds. The van der Waals surface area contributed by atoms with Crippen LogP contribution in [0.3, 0.4) is 0 Å². The summed E-state index contributed by atoms with van der Waals surface area (Å²) in [6.45, 7) is 1.15. The van der Waals surface area contributed by atoms with Gasteiger partial charge in [-0.25, -0.2) is 9.78 Å². The molecular formula is C24H29N3O4. The third kappa shape index (κ3) is 6.04. The maximum atomic E-state index is 12.5. The minimum atomic E-state index is -0.359. The molecule has 0 bridgehead atoms. The number of pyridine rings is 1. The van der Waals surface area contributed by atoms with Crippen molar-refractivity contribution in [3.05, 3.63) is 53.7 Å². The number of amides is 1. The lowest BCUT2D eigenvalue weighted by Gasteiger charge is -2.21. The van der Waals surface area contributed by atoms with Gasteiger partial charge in [0.1, 0.15) is 18.0 Å². The standard InChI is InChI=1S/C24H29N3O4/c28-23(21-10-5-13-30-21)27-19-7-4-6-17(14-19)16-26-22-15-18(11-12-25-22)24(29)31-20-8-2-1-3-9-20/h4,6-7,11-12,14-15,20-21H,1-3,5,8-10,13,16H2,(H,25,26)(H,27,28)/t21-/m0/s1. The second-order valence-electron chi connectivity index (χ2n) is 8.14. The molecule has 0 unspecified atom stereocenters. The fraction of sp³-hybridized carbons (Fsp3) is 0.458. The Morgan fingerprint density at radius 2 is 1.94 bits per heavy atom. The highest BCUT2D eigenvalue weighted by molar-refractivity contribution is 5.94. The quantitative estimate of drug-likeness (QED) is 0.646. The van der Waals surface area contributed by atoms with Crippen LogP contribution in [0.4, 0.5) is 11.5 Å². The average molecular weight is 424 g/mol. The van der Waals surface area contributed by atoms with E-state index in [9.17, 15) is 9.59 Å². The predicted octanol–water partition coefficient (Wildman–Crippen LogP) is 4.30. The number of esters is 1. The monoisotopic (exact) mass is 423 g/mol. The molecular weight excluding hydrogens is 394 g/mol. The van der Waals surface area contributed by atoms with E-state index < -0.39 is 0 Å². The molecule has 4 rings (SSSR count). The normalized spacial score (nSPS) is 19.0. The zero-order chi connectivity index (χ0) is 21.5. The largest absolute Gasteiger partial charge is 0.459 e. The molecule has 2 N–H and O–H groups in total. The van der Waals surface area contributed by atoms with Gasteiger partial charge in [0.15, 0.2) is 0 Å². The van der Waals surface area contributed by atoms with Gasteiger partial charge in [-0.1, -0.05) is 18.6 Å². The Morgan fingerprint density at radius 1 is 1.06 bits per heavy atom. The molecule has 1 aromatic carbocycles. The summed E-state index contributed by atoms with van der Waals surface area (Å²) < 4.78 is 11.1. The Balaban J connectivity index is 1.32. The van der Waals surface area contributed by atoms with Crippen molar-refractivity contribution in [3.63, 3.8) is 0 Å². The smallest absolute Gasteiger partial charge is 0.338 e. The number of rotatable bonds is 7. The molecule has 1 aromatic heterocycles. The van der Waals surface area contributed by atoms with Crippen LogP contribution >= 0.6 is 0 Å². The molecule has 1 atom stereocenters. The fourth-order valence-corrected chi connectivity index (χ4v) is 4.02. The number of carbonyl (C=O) groups excluding carboxylic acids is 2. The fourth-order valence-electron chi connectivity index (χ4n) is 4.02. The maximum absolute atomic E-state index is 12.5. The van der Waals surface area contributed by atoms with Crippen LogP contribution < -0.4 is 10.6 Å². The predicted molar refractivity (Wildman–Crippen MR) is 118 cm³/mol. The number of nitrogens with one attached hydrogen (secondary N) is 2. The van der Waals surface area contributed by atoms with Crippen molar-refractivity contribution in [1.82, 2.24) is 4.98 Å². The Labute approximate surface area is 182 Å². The van der Waals surface area contributed by atoms with Crippen molar-refractivity contribution in [3.8, 4) is 0 Å². The van der Waals surface area contributed by atoms with Gasteiger partial charge in [-0.3, -0.25) is 4.79 Å². The topological polar surface area (TPSA) is 89.5 Å². The van der Waals surface area contributed by atoms with Gasteiger partial charge in [0, 0.05) is 25.0 Å². The number of hydrogen-bond acceptors (Lipinski definition) is 6. The van der Waals surface area contributed by atoms with Crippen LogP contribution in [0.2, 0.25) is 0 Å². The molecule has 1 aliphatic heterocycles. The lowest BCUT2D eigenvalue weighted by atomic mass is 9.98. The molecule has 1 saturated carbocycles. The number of anilines is 2. The van der Waals surface area contributed by atoms with Gasteiger partial charge in [0.05, 0.1) is 5.56 Å². The summed E-state index contributed by atoms with van der Waals surface area (Å²) in [6, 6.07) is 11.0. The molecule has 2 fully saturated rings. The van der Waals surface area contributed by atoms with E-state index in [0.29, 0.717) is 24.5 Å². The molecule has 31 heavy (non-hydrogen) atoms. The first-order valence-electron chi connectivity index (χ1n) is 11.1. The summed E-state index contributed by atoms with van der Waals surface area (Å²) >= 11 is 0. The van der Waals surface area contributed by atoms with E-state index in [4.69, 9.17) is 9.47 Å². The highest BCUT2D eigenvalue weighted by Crippen LogP contribution is 2.22. The van der Waals surface area contributed by atoms with Crippen molar-refractivity contribution in [1.29, 1.82) is 0 Å². The van der Waals surface area contributed by atoms with Crippen LogP contribution in [-0.2, 0) is 20.8 Å². The Morgan fingerprint density at radius 3 is 2.74 bits per heavy atom. The summed E-state index contributed by atoms with van der Waals surface area (Å²) in [5.74, 6) is 0.205. The number of nitrogens with zero attached hydrogens (tertiary/aromatic N) is 1. The molecule has 164 valence electrons. The Hall–Kier alpha value is -2.93. The summed E-state index contributed by atoms with van der Waals surface area (Å²) in [7, 11) is 0. The van der Waals surface area contributed by atoms with E-state index in [2.05, 4.69) is 15.6 Å².